The largest absolute Gasteiger partial charge is 0.493 e. The van der Waals surface area contributed by atoms with Crippen LogP contribution in [0, 0.1) is 27.9 Å². The molecule has 0 bridgehead atoms. The molecule has 3 saturated heterocycles. The fraction of sp³-hybridized carbons (Fsp3) is 0.290. The number of hydrogen-bond donors (Lipinski definition) is 4. The number of nitro groups is 1. The van der Waals surface area contributed by atoms with Crippen molar-refractivity contribution in [1.29, 1.82) is 0 Å². The van der Waals surface area contributed by atoms with Crippen molar-refractivity contribution in [2.75, 3.05) is 62.8 Å². The molecule has 436 valence electrons. The number of piperazine rings is 1. The fourth-order valence-electron chi connectivity index (χ4n) is 10.9. The number of nitrogens with zero attached hydrogens (tertiary/aromatic N) is 5. The lowest BCUT2D eigenvalue weighted by Gasteiger charge is -2.37. The maximum atomic E-state index is 14.1. The van der Waals surface area contributed by atoms with Crippen LogP contribution in [0.4, 0.5) is 17.1 Å². The number of H-pyrrole nitrogens is 1. The van der Waals surface area contributed by atoms with Gasteiger partial charge in [-0.1, -0.05) is 53.8 Å². The van der Waals surface area contributed by atoms with Crippen molar-refractivity contribution < 1.29 is 51.5 Å². The summed E-state index contributed by atoms with van der Waals surface area (Å²) in [5.41, 5.74) is 4.61. The van der Waals surface area contributed by atoms with Gasteiger partial charge in [0.15, 0.2) is 0 Å². The number of benzene rings is 5. The number of piperidine rings is 1. The zero-order valence-electron chi connectivity index (χ0n) is 45.9. The average molecular weight is 1190 g/mol. The normalized spacial score (nSPS) is 16.6. The van der Waals surface area contributed by atoms with Crippen LogP contribution >= 0.6 is 11.6 Å². The van der Waals surface area contributed by atoms with Gasteiger partial charge >= 0.3 is 0 Å². The predicted molar refractivity (Wildman–Crippen MR) is 316 cm³/mol. The molecule has 85 heavy (non-hydrogen) atoms. The van der Waals surface area contributed by atoms with E-state index in [-0.39, 0.29) is 46.9 Å². The van der Waals surface area contributed by atoms with Crippen LogP contribution in [0.25, 0.3) is 22.2 Å². The number of aromatic amines is 1. The highest BCUT2D eigenvalue weighted by Gasteiger charge is 2.45. The number of amides is 5. The number of anilines is 2. The number of fused-ring (bicyclic) bond motifs is 2. The van der Waals surface area contributed by atoms with Gasteiger partial charge in [-0.05, 0) is 116 Å². The Labute approximate surface area is 494 Å². The molecule has 6 heterocycles. The van der Waals surface area contributed by atoms with Gasteiger partial charge in [0.25, 0.3) is 33.4 Å². The van der Waals surface area contributed by atoms with Crippen LogP contribution in [0.5, 0.6) is 17.2 Å². The molecular formula is C62H58ClN9O12S. The summed E-state index contributed by atoms with van der Waals surface area (Å²) < 4.78 is 48.1. The maximum absolute atomic E-state index is 14.1. The highest BCUT2D eigenvalue weighted by atomic mass is 35.5. The Hall–Kier alpha value is -9.14. The number of aromatic nitrogens is 2. The van der Waals surface area contributed by atoms with E-state index in [0.29, 0.717) is 106 Å². The van der Waals surface area contributed by atoms with Gasteiger partial charge in [-0.2, -0.15) is 0 Å². The first-order valence-electron chi connectivity index (χ1n) is 27.9. The summed E-state index contributed by atoms with van der Waals surface area (Å²) in [6, 6.07) is 29.4. The van der Waals surface area contributed by atoms with Gasteiger partial charge in [0.05, 0.1) is 39.3 Å². The number of carbonyl (C=O) groups excluding carboxylic acids is 5. The quantitative estimate of drug-likeness (QED) is 0.0194. The lowest BCUT2D eigenvalue weighted by Crippen LogP contribution is -2.54. The summed E-state index contributed by atoms with van der Waals surface area (Å²) >= 11 is 6.33. The van der Waals surface area contributed by atoms with E-state index < -0.39 is 61.1 Å². The molecule has 0 aliphatic carbocycles. The third-order valence-corrected chi connectivity index (χ3v) is 17.1. The molecule has 0 radical (unpaired) electrons. The molecule has 1 atom stereocenters. The molecule has 1 unspecified atom stereocenters. The van der Waals surface area contributed by atoms with E-state index in [4.69, 9.17) is 25.8 Å². The molecule has 0 spiro atoms. The van der Waals surface area contributed by atoms with Crippen molar-refractivity contribution in [3.8, 4) is 40.2 Å². The van der Waals surface area contributed by atoms with Crippen LogP contribution in [0.1, 0.15) is 87.1 Å². The molecule has 5 aromatic carbocycles. The van der Waals surface area contributed by atoms with Crippen LogP contribution in [-0.2, 0) is 30.9 Å². The number of pyridine rings is 1. The smallest absolute Gasteiger partial charge is 0.293 e. The van der Waals surface area contributed by atoms with E-state index in [9.17, 15) is 42.5 Å². The minimum atomic E-state index is -4.63. The Morgan fingerprint density at radius 1 is 0.871 bits per heavy atom. The molecule has 5 amide bonds. The Kier molecular flexibility index (Phi) is 17.2. The van der Waals surface area contributed by atoms with E-state index in [1.54, 1.807) is 42.6 Å². The van der Waals surface area contributed by atoms with Gasteiger partial charge in [-0.15, -0.1) is 0 Å². The molecule has 4 aliphatic rings. The molecule has 11 rings (SSSR count). The van der Waals surface area contributed by atoms with E-state index in [1.165, 1.54) is 24.4 Å². The molecule has 23 heteroatoms. The first kappa shape index (κ1) is 57.7. The summed E-state index contributed by atoms with van der Waals surface area (Å²) in [5, 5.41) is 18.9. The van der Waals surface area contributed by atoms with Crippen LogP contribution in [0.3, 0.4) is 0 Å². The van der Waals surface area contributed by atoms with Gasteiger partial charge < -0.3 is 29.4 Å². The van der Waals surface area contributed by atoms with Gasteiger partial charge in [-0.3, -0.25) is 49.2 Å². The van der Waals surface area contributed by atoms with Crippen LogP contribution in [0.15, 0.2) is 126 Å². The maximum Gasteiger partial charge on any atom is 0.293 e. The summed E-state index contributed by atoms with van der Waals surface area (Å²) in [6.07, 6.45) is 6.73. The number of nitro benzene ring substituents is 1. The topological polar surface area (TPSA) is 265 Å². The van der Waals surface area contributed by atoms with Crippen molar-refractivity contribution in [1.82, 2.24) is 29.8 Å². The zero-order valence-corrected chi connectivity index (χ0v) is 47.5. The predicted octanol–water partition coefficient (Wildman–Crippen LogP) is 8.87. The van der Waals surface area contributed by atoms with Crippen molar-refractivity contribution in [2.45, 2.75) is 62.4 Å². The summed E-state index contributed by atoms with van der Waals surface area (Å²) in [4.78, 5) is 89.3. The zero-order chi connectivity index (χ0) is 59.2. The number of imide groups is 2. The van der Waals surface area contributed by atoms with Gasteiger partial charge in [0, 0.05) is 111 Å². The summed E-state index contributed by atoms with van der Waals surface area (Å²) in [7, 11) is -4.63. The third-order valence-electron chi connectivity index (χ3n) is 15.5. The molecule has 4 aliphatic heterocycles. The van der Waals surface area contributed by atoms with Crippen molar-refractivity contribution >= 4 is 79.3 Å². The Morgan fingerprint density at radius 2 is 1.66 bits per heavy atom. The fourth-order valence-corrected chi connectivity index (χ4v) is 12.0. The number of nitrogens with one attached hydrogen (secondary N) is 4. The number of carbonyl (C=O) groups is 5. The van der Waals surface area contributed by atoms with E-state index >= 15 is 0 Å². The number of hydrogen-bond acceptors (Lipinski definition) is 16. The second-order valence-corrected chi connectivity index (χ2v) is 23.1. The average Bonchev–Trinajstić information content (AvgIpc) is 4.32. The SMILES string of the molecule is O=C1CCC(N2C(=O)c3cccc(C#CCCCCOc4cccc(-c5ccc(Cl)cc5)c4CN4CCN(c5ccc(C(=O)NS(=O)(=O)c6ccc(NCC7CCOCC7)c([N+](=O)[O-])c6)c(Oc6cnc7[nH]ccc7c6)c5)CC4)c3C2=O)C(=O)N1. The Bertz CT molecular complexity index is 3940. The molecular weight excluding hydrogens is 1130 g/mol. The van der Waals surface area contributed by atoms with E-state index in [2.05, 4.69) is 53.0 Å². The second kappa shape index (κ2) is 25.4. The number of ether oxygens (including phenoxy) is 3. The number of halogens is 1. The van der Waals surface area contributed by atoms with Crippen molar-refractivity contribution in [3.05, 3.63) is 165 Å². The Balaban J connectivity index is 0.756. The first-order valence-corrected chi connectivity index (χ1v) is 29.8. The minimum Gasteiger partial charge on any atom is -0.493 e. The Morgan fingerprint density at radius 3 is 2.45 bits per heavy atom. The highest BCUT2D eigenvalue weighted by molar-refractivity contribution is 7.90. The first-order chi connectivity index (χ1) is 41.2. The lowest BCUT2D eigenvalue weighted by atomic mass is 9.98. The van der Waals surface area contributed by atoms with E-state index in [0.717, 1.165) is 51.6 Å². The molecule has 0 saturated carbocycles. The molecule has 2 aromatic heterocycles. The molecule has 21 nitrogen and oxygen atoms in total. The molecule has 4 N–H and O–H groups in total. The van der Waals surface area contributed by atoms with Gasteiger partial charge in [-0.25, -0.2) is 18.1 Å². The van der Waals surface area contributed by atoms with Crippen LogP contribution < -0.4 is 29.7 Å². The van der Waals surface area contributed by atoms with E-state index in [1.807, 2.05) is 42.5 Å². The summed E-state index contributed by atoms with van der Waals surface area (Å²) in [5.74, 6) is 4.20. The van der Waals surface area contributed by atoms with Crippen molar-refractivity contribution in [2.24, 2.45) is 5.92 Å². The number of unbranched alkanes of at least 4 members (excludes halogenated alkanes) is 2. The third kappa shape index (κ3) is 13.0. The highest BCUT2D eigenvalue weighted by Crippen LogP contribution is 2.37. The van der Waals surface area contributed by atoms with Crippen LogP contribution in [-0.4, -0.2) is 121 Å². The lowest BCUT2D eigenvalue weighted by molar-refractivity contribution is -0.384. The summed E-state index contributed by atoms with van der Waals surface area (Å²) in [6.45, 7) is 5.00. The monoisotopic (exact) mass is 1190 g/mol. The minimum absolute atomic E-state index is 0.0265. The number of rotatable bonds is 19. The van der Waals surface area contributed by atoms with Gasteiger partial charge in [0.1, 0.15) is 34.6 Å². The van der Waals surface area contributed by atoms with Crippen LogP contribution in [0.2, 0.25) is 5.02 Å². The second-order valence-electron chi connectivity index (χ2n) is 21.0. The number of sulfonamides is 1. The standard InChI is InChI=1S/C62H58ClN9O12S/c63-43-14-12-40(13-15-43)47-9-6-11-54(83-30-4-2-1-3-7-41-8-5-10-49-57(41)62(77)71(61(49)76)52-20-21-56(73)67-60(52)75)50(47)38-69-26-28-70(29-27-69)44-16-18-48(55(34-44)84-45-33-42-22-25-64-58(42)66-37-45)59(74)68-85(80,81)46-17-19-51(53(35-46)72(78)79)65-36-39-23-31-82-32-24-39/h5-6,8-19,22,25,33-35,37,39,52,65H,1-2,4,20-21,23-24,26-32,36,38H2,(H,64,66)(H,68,74)(H,67,73,75). The van der Waals surface area contributed by atoms with Gasteiger partial charge in [0.2, 0.25) is 11.8 Å². The molecule has 3 fully saturated rings. The van der Waals surface area contributed by atoms with Crippen molar-refractivity contribution in [3.63, 3.8) is 0 Å². The molecule has 7 aromatic rings.